The lowest BCUT2D eigenvalue weighted by atomic mass is 9.97. The normalized spacial score (nSPS) is 11.6. The van der Waals surface area contributed by atoms with Gasteiger partial charge in [0.2, 0.25) is 6.61 Å². The van der Waals surface area contributed by atoms with Crippen molar-refractivity contribution in [3.05, 3.63) is 65.7 Å². The third-order valence-corrected chi connectivity index (χ3v) is 3.81. The van der Waals surface area contributed by atoms with Crippen molar-refractivity contribution < 1.29 is 23.9 Å². The van der Waals surface area contributed by atoms with Crippen LogP contribution in [-0.4, -0.2) is 31.4 Å². The molecule has 0 aliphatic carbocycles. The first-order chi connectivity index (χ1) is 13.3. The van der Waals surface area contributed by atoms with E-state index in [-0.39, 0.29) is 12.6 Å². The number of ether oxygens (including phenoxy) is 2. The second-order valence-corrected chi connectivity index (χ2v) is 7.21. The summed E-state index contributed by atoms with van der Waals surface area (Å²) in [5.41, 5.74) is 1.90. The van der Waals surface area contributed by atoms with Crippen LogP contribution in [0.25, 0.3) is 0 Å². The highest BCUT2D eigenvalue weighted by atomic mass is 16.6. The van der Waals surface area contributed by atoms with Crippen molar-refractivity contribution in [2.75, 3.05) is 13.7 Å². The van der Waals surface area contributed by atoms with E-state index in [1.54, 1.807) is 45.0 Å². The summed E-state index contributed by atoms with van der Waals surface area (Å²) >= 11 is 0. The van der Waals surface area contributed by atoms with Crippen molar-refractivity contribution in [3.8, 4) is 5.75 Å². The van der Waals surface area contributed by atoms with Crippen LogP contribution in [0.4, 0.5) is 0 Å². The van der Waals surface area contributed by atoms with Crippen molar-refractivity contribution in [2.45, 2.75) is 27.2 Å². The molecular formula is C22H25NO5. The highest BCUT2D eigenvalue weighted by molar-refractivity contribution is 6.01. The van der Waals surface area contributed by atoms with E-state index in [0.29, 0.717) is 17.9 Å². The lowest BCUT2D eigenvalue weighted by Gasteiger charge is -2.16. The first-order valence-corrected chi connectivity index (χ1v) is 8.92. The van der Waals surface area contributed by atoms with Gasteiger partial charge in [0, 0.05) is 6.42 Å². The van der Waals surface area contributed by atoms with E-state index in [9.17, 15) is 9.59 Å². The summed E-state index contributed by atoms with van der Waals surface area (Å²) in [6.07, 6.45) is 0.517. The van der Waals surface area contributed by atoms with Gasteiger partial charge in [-0.1, -0.05) is 35.5 Å². The van der Waals surface area contributed by atoms with Crippen molar-refractivity contribution in [2.24, 2.45) is 10.6 Å². The minimum absolute atomic E-state index is 0.268. The molecule has 0 aliphatic rings. The molecule has 0 amide bonds. The number of esters is 2. The highest BCUT2D eigenvalue weighted by Gasteiger charge is 2.23. The molecule has 2 aromatic rings. The number of hydrogen-bond donors (Lipinski definition) is 0. The van der Waals surface area contributed by atoms with Crippen LogP contribution in [0.1, 0.15) is 31.9 Å². The smallest absolute Gasteiger partial charge is 0.346 e. The van der Waals surface area contributed by atoms with Gasteiger partial charge in [-0.15, -0.1) is 0 Å². The summed E-state index contributed by atoms with van der Waals surface area (Å²) in [6.45, 7) is 5.13. The van der Waals surface area contributed by atoms with Crippen molar-refractivity contribution in [1.29, 1.82) is 0 Å². The third kappa shape index (κ3) is 6.54. The zero-order chi connectivity index (χ0) is 20.6. The zero-order valence-electron chi connectivity index (χ0n) is 16.6. The second kappa shape index (κ2) is 9.69. The molecule has 0 aromatic heterocycles. The fraction of sp³-hybridized carbons (Fsp3) is 0.318. The Morgan fingerprint density at radius 1 is 0.964 bits per heavy atom. The molecule has 0 fully saturated rings. The molecule has 0 aliphatic heterocycles. The van der Waals surface area contributed by atoms with Crippen LogP contribution in [0, 0.1) is 5.41 Å². The molecule has 0 heterocycles. The number of carbonyl (C=O) groups is 2. The minimum Gasteiger partial charge on any atom is -0.466 e. The van der Waals surface area contributed by atoms with E-state index in [1.165, 1.54) is 7.11 Å². The SMILES string of the molecule is COC(=O)CON=C(Cc1ccccc1)c1ccc(OC(=O)C(C)(C)C)cc1. The Kier molecular flexibility index (Phi) is 7.32. The standard InChI is InChI=1S/C22H25NO5/c1-22(2,3)21(25)28-18-12-10-17(11-13-18)19(23-27-15-20(24)26-4)14-16-8-6-5-7-9-16/h5-13H,14-15H2,1-4H3. The topological polar surface area (TPSA) is 74.2 Å². The molecule has 0 unspecified atom stereocenters. The van der Waals surface area contributed by atoms with Gasteiger partial charge in [-0.2, -0.15) is 0 Å². The number of oxime groups is 1. The predicted octanol–water partition coefficient (Wildman–Crippen LogP) is 3.77. The number of benzene rings is 2. The molecule has 0 saturated carbocycles. The molecule has 0 spiro atoms. The quantitative estimate of drug-likeness (QED) is 0.315. The zero-order valence-corrected chi connectivity index (χ0v) is 16.6. The van der Waals surface area contributed by atoms with Crippen molar-refractivity contribution in [3.63, 3.8) is 0 Å². The molecule has 0 saturated heterocycles. The number of hydrogen-bond acceptors (Lipinski definition) is 6. The average molecular weight is 383 g/mol. The van der Waals surface area contributed by atoms with Crippen molar-refractivity contribution >= 4 is 17.7 Å². The largest absolute Gasteiger partial charge is 0.466 e. The summed E-state index contributed by atoms with van der Waals surface area (Å²) in [6, 6.07) is 16.8. The maximum Gasteiger partial charge on any atom is 0.346 e. The number of nitrogens with zero attached hydrogens (tertiary/aromatic N) is 1. The lowest BCUT2D eigenvalue weighted by Crippen LogP contribution is -2.25. The van der Waals surface area contributed by atoms with Gasteiger partial charge < -0.3 is 14.3 Å². The van der Waals surface area contributed by atoms with Gasteiger partial charge in [-0.3, -0.25) is 4.79 Å². The average Bonchev–Trinajstić information content (AvgIpc) is 2.67. The van der Waals surface area contributed by atoms with E-state index >= 15 is 0 Å². The van der Waals surface area contributed by atoms with Gasteiger partial charge in [0.15, 0.2) is 0 Å². The van der Waals surface area contributed by atoms with Crippen LogP contribution in [0.3, 0.4) is 0 Å². The Labute approximate surface area is 165 Å². The van der Waals surface area contributed by atoms with Crippen LogP contribution < -0.4 is 4.74 Å². The molecule has 2 aromatic carbocycles. The maximum absolute atomic E-state index is 12.0. The van der Waals surface area contributed by atoms with E-state index in [1.807, 2.05) is 30.3 Å². The Bertz CT molecular complexity index is 820. The Balaban J connectivity index is 2.18. The third-order valence-electron chi connectivity index (χ3n) is 3.81. The van der Waals surface area contributed by atoms with Crippen molar-refractivity contribution in [1.82, 2.24) is 0 Å². The maximum atomic E-state index is 12.0. The predicted molar refractivity (Wildman–Crippen MR) is 106 cm³/mol. The fourth-order valence-electron chi connectivity index (χ4n) is 2.17. The van der Waals surface area contributed by atoms with E-state index in [2.05, 4.69) is 9.89 Å². The summed E-state index contributed by atoms with van der Waals surface area (Å²) in [5.74, 6) is -0.356. The molecule has 28 heavy (non-hydrogen) atoms. The van der Waals surface area contributed by atoms with E-state index in [0.717, 1.165) is 11.1 Å². The molecule has 0 bridgehead atoms. The summed E-state index contributed by atoms with van der Waals surface area (Å²) in [5, 5.41) is 4.12. The Morgan fingerprint density at radius 2 is 1.61 bits per heavy atom. The minimum atomic E-state index is -0.583. The number of carbonyl (C=O) groups excluding carboxylic acids is 2. The first-order valence-electron chi connectivity index (χ1n) is 8.92. The van der Waals surface area contributed by atoms with Crippen LogP contribution >= 0.6 is 0 Å². The molecule has 0 N–H and O–H groups in total. The second-order valence-electron chi connectivity index (χ2n) is 7.21. The van der Waals surface area contributed by atoms with Gasteiger partial charge in [0.05, 0.1) is 18.2 Å². The fourth-order valence-corrected chi connectivity index (χ4v) is 2.17. The van der Waals surface area contributed by atoms with Gasteiger partial charge >= 0.3 is 11.9 Å². The Morgan fingerprint density at radius 3 is 2.18 bits per heavy atom. The number of rotatable bonds is 7. The van der Waals surface area contributed by atoms with Gasteiger partial charge in [-0.25, -0.2) is 4.79 Å². The van der Waals surface area contributed by atoms with Crippen LogP contribution in [-0.2, 0) is 25.6 Å². The molecule has 2 rings (SSSR count). The monoisotopic (exact) mass is 383 g/mol. The highest BCUT2D eigenvalue weighted by Crippen LogP contribution is 2.20. The lowest BCUT2D eigenvalue weighted by molar-refractivity contribution is -0.146. The van der Waals surface area contributed by atoms with E-state index in [4.69, 9.17) is 9.57 Å². The molecule has 6 heteroatoms. The molecule has 6 nitrogen and oxygen atoms in total. The van der Waals surface area contributed by atoms with E-state index < -0.39 is 11.4 Å². The van der Waals surface area contributed by atoms with Crippen LogP contribution in [0.2, 0.25) is 0 Å². The van der Waals surface area contributed by atoms with Crippen LogP contribution in [0.5, 0.6) is 5.75 Å². The Hall–Kier alpha value is -3.15. The summed E-state index contributed by atoms with van der Waals surface area (Å²) in [4.78, 5) is 28.4. The summed E-state index contributed by atoms with van der Waals surface area (Å²) < 4.78 is 9.94. The molecule has 0 radical (unpaired) electrons. The molecule has 0 atom stereocenters. The van der Waals surface area contributed by atoms with Gasteiger partial charge in [0.1, 0.15) is 5.75 Å². The van der Waals surface area contributed by atoms with Crippen LogP contribution in [0.15, 0.2) is 59.8 Å². The first kappa shape index (κ1) is 21.2. The van der Waals surface area contributed by atoms with Gasteiger partial charge in [-0.05, 0) is 56.2 Å². The molecular weight excluding hydrogens is 358 g/mol. The number of methoxy groups -OCH3 is 1. The molecule has 148 valence electrons. The van der Waals surface area contributed by atoms with Gasteiger partial charge in [0.25, 0.3) is 0 Å². The summed E-state index contributed by atoms with van der Waals surface area (Å²) in [7, 11) is 1.29.